The number of hydrogen-bond acceptors (Lipinski definition) is 3. The van der Waals surface area contributed by atoms with Crippen molar-refractivity contribution in [2.24, 2.45) is 0 Å². The summed E-state index contributed by atoms with van der Waals surface area (Å²) in [6.45, 7) is 3.29. The Morgan fingerprint density at radius 3 is 2.47 bits per heavy atom. The summed E-state index contributed by atoms with van der Waals surface area (Å²) in [6, 6.07) is 0.504. The van der Waals surface area contributed by atoms with Gasteiger partial charge in [0.1, 0.15) is 0 Å². The van der Waals surface area contributed by atoms with E-state index in [2.05, 4.69) is 16.0 Å². The quantitative estimate of drug-likeness (QED) is 0.594. The van der Waals surface area contributed by atoms with Gasteiger partial charge < -0.3 is 16.0 Å². The molecule has 0 atom stereocenters. The van der Waals surface area contributed by atoms with Crippen LogP contribution in [-0.4, -0.2) is 37.5 Å². The molecule has 17 heavy (non-hydrogen) atoms. The van der Waals surface area contributed by atoms with Crippen LogP contribution in [0.3, 0.4) is 0 Å². The van der Waals surface area contributed by atoms with Gasteiger partial charge in [-0.1, -0.05) is 12.8 Å². The highest BCUT2D eigenvalue weighted by atomic mass is 16.2. The highest BCUT2D eigenvalue weighted by Gasteiger charge is 2.14. The molecule has 0 aromatic heterocycles. The van der Waals surface area contributed by atoms with E-state index in [1.807, 2.05) is 6.92 Å². The predicted octanol–water partition coefficient (Wildman–Crippen LogP) is 0.161. The monoisotopic (exact) mass is 241 g/mol. The van der Waals surface area contributed by atoms with Crippen molar-refractivity contribution in [1.82, 2.24) is 16.0 Å². The van der Waals surface area contributed by atoms with Gasteiger partial charge in [-0.05, 0) is 19.8 Å². The molecule has 0 aromatic carbocycles. The summed E-state index contributed by atoms with van der Waals surface area (Å²) in [5.41, 5.74) is 0. The maximum absolute atomic E-state index is 11.4. The summed E-state index contributed by atoms with van der Waals surface area (Å²) in [5.74, 6) is -0.0437. The lowest BCUT2D eigenvalue weighted by molar-refractivity contribution is -0.121. The Morgan fingerprint density at radius 1 is 1.12 bits per heavy atom. The van der Waals surface area contributed by atoms with Crippen LogP contribution >= 0.6 is 0 Å². The van der Waals surface area contributed by atoms with Crippen LogP contribution in [-0.2, 0) is 9.59 Å². The van der Waals surface area contributed by atoms with E-state index in [1.165, 1.54) is 25.7 Å². The molecular weight excluding hydrogens is 218 g/mol. The molecule has 98 valence electrons. The molecule has 1 saturated carbocycles. The Kier molecular flexibility index (Phi) is 6.62. The van der Waals surface area contributed by atoms with Crippen molar-refractivity contribution in [2.45, 2.75) is 45.1 Å². The average Bonchev–Trinajstić information content (AvgIpc) is 2.79. The van der Waals surface area contributed by atoms with E-state index in [0.717, 1.165) is 0 Å². The molecule has 0 unspecified atom stereocenters. The minimum Gasteiger partial charge on any atom is -0.356 e. The lowest BCUT2D eigenvalue weighted by Gasteiger charge is -2.11. The first-order valence-electron chi connectivity index (χ1n) is 6.49. The fraction of sp³-hybridized carbons (Fsp3) is 0.833. The van der Waals surface area contributed by atoms with Crippen molar-refractivity contribution in [1.29, 1.82) is 0 Å². The number of rotatable bonds is 7. The first-order valence-corrected chi connectivity index (χ1v) is 6.49. The minimum atomic E-state index is -0.0267. The smallest absolute Gasteiger partial charge is 0.233 e. The van der Waals surface area contributed by atoms with Gasteiger partial charge in [-0.3, -0.25) is 9.59 Å². The lowest BCUT2D eigenvalue weighted by Crippen LogP contribution is -2.39. The van der Waals surface area contributed by atoms with Gasteiger partial charge in [-0.15, -0.1) is 0 Å². The third-order valence-corrected chi connectivity index (χ3v) is 2.95. The van der Waals surface area contributed by atoms with Crippen molar-refractivity contribution in [3.05, 3.63) is 0 Å². The molecule has 5 heteroatoms. The number of nitrogens with one attached hydrogen (secondary N) is 3. The van der Waals surface area contributed by atoms with Crippen LogP contribution in [0.2, 0.25) is 0 Å². The zero-order chi connectivity index (χ0) is 12.5. The van der Waals surface area contributed by atoms with Crippen molar-refractivity contribution in [3.8, 4) is 0 Å². The van der Waals surface area contributed by atoms with E-state index in [1.54, 1.807) is 0 Å². The molecule has 0 aliphatic heterocycles. The fourth-order valence-electron chi connectivity index (χ4n) is 2.03. The standard InChI is InChI=1S/C12H23N3O2/c1-2-13-11(16)7-8-14-12(17)9-15-10-5-3-4-6-10/h10,15H,2-9H2,1H3,(H,13,16)(H,14,17). The molecule has 2 amide bonds. The second-order valence-electron chi connectivity index (χ2n) is 4.42. The van der Waals surface area contributed by atoms with Gasteiger partial charge in [0.25, 0.3) is 0 Å². The lowest BCUT2D eigenvalue weighted by atomic mass is 10.2. The Hall–Kier alpha value is -1.10. The van der Waals surface area contributed by atoms with Crippen LogP contribution in [0.1, 0.15) is 39.0 Å². The van der Waals surface area contributed by atoms with Crippen LogP contribution in [0.5, 0.6) is 0 Å². The predicted molar refractivity (Wildman–Crippen MR) is 66.6 cm³/mol. The third-order valence-electron chi connectivity index (χ3n) is 2.95. The molecule has 0 spiro atoms. The van der Waals surface area contributed by atoms with Gasteiger partial charge in [-0.2, -0.15) is 0 Å². The number of amides is 2. The molecule has 0 bridgehead atoms. The van der Waals surface area contributed by atoms with Gasteiger partial charge >= 0.3 is 0 Å². The van der Waals surface area contributed by atoms with Gasteiger partial charge in [0, 0.05) is 25.6 Å². The summed E-state index contributed by atoms with van der Waals surface area (Å²) in [6.07, 6.45) is 5.22. The Labute approximate surface area is 103 Å². The Bertz CT molecular complexity index is 250. The largest absolute Gasteiger partial charge is 0.356 e. The van der Waals surface area contributed by atoms with Crippen molar-refractivity contribution in [2.75, 3.05) is 19.6 Å². The van der Waals surface area contributed by atoms with Crippen LogP contribution in [0.25, 0.3) is 0 Å². The van der Waals surface area contributed by atoms with E-state index in [0.29, 0.717) is 32.1 Å². The summed E-state index contributed by atoms with van der Waals surface area (Å²) in [5, 5.41) is 8.66. The van der Waals surface area contributed by atoms with E-state index in [9.17, 15) is 9.59 Å². The van der Waals surface area contributed by atoms with Crippen molar-refractivity contribution in [3.63, 3.8) is 0 Å². The second kappa shape index (κ2) is 8.06. The highest BCUT2D eigenvalue weighted by molar-refractivity contribution is 5.80. The van der Waals surface area contributed by atoms with E-state index < -0.39 is 0 Å². The summed E-state index contributed by atoms with van der Waals surface area (Å²) < 4.78 is 0. The second-order valence-corrected chi connectivity index (χ2v) is 4.42. The molecule has 1 aliphatic rings. The van der Waals surface area contributed by atoms with Gasteiger partial charge in [0.2, 0.25) is 11.8 Å². The molecule has 0 heterocycles. The highest BCUT2D eigenvalue weighted by Crippen LogP contribution is 2.17. The molecular formula is C12H23N3O2. The van der Waals surface area contributed by atoms with E-state index in [4.69, 9.17) is 0 Å². The Balaban J connectivity index is 1.98. The molecule has 5 nitrogen and oxygen atoms in total. The van der Waals surface area contributed by atoms with Crippen LogP contribution in [0, 0.1) is 0 Å². The summed E-state index contributed by atoms with van der Waals surface area (Å²) in [4.78, 5) is 22.5. The first kappa shape index (κ1) is 14.0. The van der Waals surface area contributed by atoms with Crippen LogP contribution < -0.4 is 16.0 Å². The maximum Gasteiger partial charge on any atom is 0.233 e. The molecule has 0 saturated heterocycles. The first-order chi connectivity index (χ1) is 8.22. The van der Waals surface area contributed by atoms with Crippen LogP contribution in [0.15, 0.2) is 0 Å². The molecule has 1 fully saturated rings. The molecule has 1 rings (SSSR count). The molecule has 1 aliphatic carbocycles. The molecule has 3 N–H and O–H groups in total. The van der Waals surface area contributed by atoms with Crippen molar-refractivity contribution >= 4 is 11.8 Å². The normalized spacial score (nSPS) is 15.8. The molecule has 0 radical (unpaired) electrons. The third kappa shape index (κ3) is 6.26. The maximum atomic E-state index is 11.4. The number of carbonyl (C=O) groups is 2. The fourth-order valence-corrected chi connectivity index (χ4v) is 2.03. The van der Waals surface area contributed by atoms with Gasteiger partial charge in [0.05, 0.1) is 6.54 Å². The summed E-state index contributed by atoms with van der Waals surface area (Å²) >= 11 is 0. The minimum absolute atomic E-state index is 0.0171. The average molecular weight is 241 g/mol. The zero-order valence-electron chi connectivity index (χ0n) is 10.6. The van der Waals surface area contributed by atoms with Crippen LogP contribution in [0.4, 0.5) is 0 Å². The van der Waals surface area contributed by atoms with Crippen molar-refractivity contribution < 1.29 is 9.59 Å². The zero-order valence-corrected chi connectivity index (χ0v) is 10.6. The SMILES string of the molecule is CCNC(=O)CCNC(=O)CNC1CCCC1. The van der Waals surface area contributed by atoms with Gasteiger partial charge in [-0.25, -0.2) is 0 Å². The van der Waals surface area contributed by atoms with E-state index >= 15 is 0 Å². The number of carbonyl (C=O) groups excluding carboxylic acids is 2. The number of hydrogen-bond donors (Lipinski definition) is 3. The van der Waals surface area contributed by atoms with Gasteiger partial charge in [0.15, 0.2) is 0 Å². The Morgan fingerprint density at radius 2 is 1.82 bits per heavy atom. The molecule has 0 aromatic rings. The topological polar surface area (TPSA) is 70.2 Å². The van der Waals surface area contributed by atoms with E-state index in [-0.39, 0.29) is 11.8 Å². The summed E-state index contributed by atoms with van der Waals surface area (Å²) in [7, 11) is 0.